The summed E-state index contributed by atoms with van der Waals surface area (Å²) in [5, 5.41) is 2.99. The number of anilines is 1. The number of piperazine rings is 1. The second kappa shape index (κ2) is 7.43. The highest BCUT2D eigenvalue weighted by molar-refractivity contribution is 6.06. The van der Waals surface area contributed by atoms with E-state index in [0.717, 1.165) is 37.6 Å². The molecule has 1 fully saturated rings. The summed E-state index contributed by atoms with van der Waals surface area (Å²) < 4.78 is 5.43. The predicted molar refractivity (Wildman–Crippen MR) is 104 cm³/mol. The number of nitrogens with one attached hydrogen (secondary N) is 2. The number of aryl methyl sites for hydroxylation is 1. The normalized spacial score (nSPS) is 15.1. The zero-order valence-electron chi connectivity index (χ0n) is 15.9. The zero-order chi connectivity index (χ0) is 19.7. The van der Waals surface area contributed by atoms with Gasteiger partial charge in [0, 0.05) is 38.9 Å². The molecule has 0 aliphatic carbocycles. The quantitative estimate of drug-likeness (QED) is 0.690. The van der Waals surface area contributed by atoms with Gasteiger partial charge in [-0.3, -0.25) is 9.59 Å². The number of carbonyl (C=O) groups is 1. The van der Waals surface area contributed by atoms with Crippen LogP contribution < -0.4 is 15.8 Å². The first kappa shape index (κ1) is 18.2. The van der Waals surface area contributed by atoms with Crippen LogP contribution in [0.3, 0.4) is 0 Å². The summed E-state index contributed by atoms with van der Waals surface area (Å²) in [5.41, 5.74) is 0.852. The van der Waals surface area contributed by atoms with Gasteiger partial charge in [-0.1, -0.05) is 6.07 Å². The summed E-state index contributed by atoms with van der Waals surface area (Å²) in [6.07, 6.45) is 3.02. The van der Waals surface area contributed by atoms with E-state index in [-0.39, 0.29) is 22.6 Å². The first-order valence-electron chi connectivity index (χ1n) is 9.16. The molecule has 1 saturated heterocycles. The van der Waals surface area contributed by atoms with Crippen molar-refractivity contribution >= 4 is 22.8 Å². The van der Waals surface area contributed by atoms with E-state index in [1.165, 1.54) is 6.33 Å². The van der Waals surface area contributed by atoms with Crippen molar-refractivity contribution in [3.8, 4) is 0 Å². The van der Waals surface area contributed by atoms with Gasteiger partial charge in [-0.25, -0.2) is 9.97 Å². The van der Waals surface area contributed by atoms with Crippen LogP contribution >= 0.6 is 0 Å². The highest BCUT2D eigenvalue weighted by Gasteiger charge is 2.21. The molecule has 0 aromatic carbocycles. The van der Waals surface area contributed by atoms with Gasteiger partial charge < -0.3 is 24.5 Å². The second-order valence-electron chi connectivity index (χ2n) is 6.94. The monoisotopic (exact) mass is 382 g/mol. The van der Waals surface area contributed by atoms with Gasteiger partial charge >= 0.3 is 0 Å². The van der Waals surface area contributed by atoms with Crippen molar-refractivity contribution in [3.05, 3.63) is 51.9 Å². The third kappa shape index (κ3) is 3.48. The van der Waals surface area contributed by atoms with Crippen molar-refractivity contribution in [1.29, 1.82) is 0 Å². The number of nitrogens with zero attached hydrogens (tertiary/aromatic N) is 4. The minimum atomic E-state index is -0.398. The number of furan rings is 1. The van der Waals surface area contributed by atoms with Crippen LogP contribution in [0.5, 0.6) is 0 Å². The lowest BCUT2D eigenvalue weighted by Crippen LogP contribution is -2.44. The number of pyridine rings is 1. The lowest BCUT2D eigenvalue weighted by Gasteiger charge is -2.33. The summed E-state index contributed by atoms with van der Waals surface area (Å²) in [7, 11) is 2.12. The summed E-state index contributed by atoms with van der Waals surface area (Å²) in [4.78, 5) is 40.2. The Morgan fingerprint density at radius 1 is 1.25 bits per heavy atom. The standard InChI is InChI=1S/C19H22N6O3/c1-12-15(16-18(27)22-11-23-19(16)28-12)17(26)21-10-13-3-4-14(20-9-13)25-7-5-24(2)6-8-25/h3-4,9,11H,5-8,10H2,1-2H3,(H,21,26)(H,22,23,27). The molecule has 2 N–H and O–H groups in total. The molecule has 0 atom stereocenters. The van der Waals surface area contributed by atoms with Crippen molar-refractivity contribution in [1.82, 2.24) is 25.2 Å². The fraction of sp³-hybridized carbons (Fsp3) is 0.368. The molecular formula is C19H22N6O3. The molecule has 9 nitrogen and oxygen atoms in total. The number of likely N-dealkylation sites (N-methyl/N-ethyl adjacent to an activating group) is 1. The van der Waals surface area contributed by atoms with E-state index >= 15 is 0 Å². The number of carbonyl (C=O) groups excluding carboxylic acids is 1. The smallest absolute Gasteiger partial charge is 0.262 e. The Morgan fingerprint density at radius 2 is 2.04 bits per heavy atom. The largest absolute Gasteiger partial charge is 0.442 e. The first-order chi connectivity index (χ1) is 13.5. The molecule has 3 aromatic rings. The number of aromatic amines is 1. The number of rotatable bonds is 4. The molecule has 0 unspecified atom stereocenters. The Balaban J connectivity index is 1.44. The molecule has 1 aliphatic heterocycles. The van der Waals surface area contributed by atoms with Crippen LogP contribution in [0.4, 0.5) is 5.82 Å². The molecule has 0 spiro atoms. The fourth-order valence-electron chi connectivity index (χ4n) is 3.34. The van der Waals surface area contributed by atoms with Crippen LogP contribution in [-0.4, -0.2) is 59.0 Å². The molecule has 1 amide bonds. The van der Waals surface area contributed by atoms with E-state index in [4.69, 9.17) is 4.42 Å². The Morgan fingerprint density at radius 3 is 2.75 bits per heavy atom. The minimum Gasteiger partial charge on any atom is -0.442 e. The number of amides is 1. The maximum atomic E-state index is 12.6. The van der Waals surface area contributed by atoms with Crippen LogP contribution in [0.25, 0.3) is 11.1 Å². The van der Waals surface area contributed by atoms with Gasteiger partial charge in [-0.15, -0.1) is 0 Å². The average molecular weight is 382 g/mol. The Bertz CT molecular complexity index is 1050. The maximum Gasteiger partial charge on any atom is 0.262 e. The Hall–Kier alpha value is -3.20. The van der Waals surface area contributed by atoms with Crippen molar-refractivity contribution in [3.63, 3.8) is 0 Å². The number of hydrogen-bond donors (Lipinski definition) is 2. The van der Waals surface area contributed by atoms with Crippen molar-refractivity contribution in [2.45, 2.75) is 13.5 Å². The average Bonchev–Trinajstić information content (AvgIpc) is 3.04. The lowest BCUT2D eigenvalue weighted by atomic mass is 10.1. The zero-order valence-corrected chi connectivity index (χ0v) is 15.9. The van der Waals surface area contributed by atoms with Crippen LogP contribution in [0.2, 0.25) is 0 Å². The highest BCUT2D eigenvalue weighted by Crippen LogP contribution is 2.20. The lowest BCUT2D eigenvalue weighted by molar-refractivity contribution is 0.0950. The highest BCUT2D eigenvalue weighted by atomic mass is 16.3. The first-order valence-corrected chi connectivity index (χ1v) is 9.16. The van der Waals surface area contributed by atoms with Gasteiger partial charge in [0.2, 0.25) is 5.71 Å². The third-order valence-corrected chi connectivity index (χ3v) is 4.99. The van der Waals surface area contributed by atoms with Gasteiger partial charge in [0.1, 0.15) is 17.0 Å². The number of fused-ring (bicyclic) bond motifs is 1. The van der Waals surface area contributed by atoms with E-state index in [2.05, 4.69) is 37.1 Å². The minimum absolute atomic E-state index is 0.157. The van der Waals surface area contributed by atoms with Gasteiger partial charge in [-0.2, -0.15) is 0 Å². The van der Waals surface area contributed by atoms with E-state index in [1.807, 2.05) is 12.1 Å². The van der Waals surface area contributed by atoms with Crippen molar-refractivity contribution < 1.29 is 9.21 Å². The van der Waals surface area contributed by atoms with Gasteiger partial charge in [-0.05, 0) is 25.6 Å². The SMILES string of the molecule is Cc1oc2nc[nH]c(=O)c2c1C(=O)NCc1ccc(N2CCN(C)CC2)nc1. The molecule has 9 heteroatoms. The van der Waals surface area contributed by atoms with Crippen molar-refractivity contribution in [2.75, 3.05) is 38.1 Å². The van der Waals surface area contributed by atoms with Gasteiger partial charge in [0.05, 0.1) is 11.9 Å². The molecule has 4 heterocycles. The maximum absolute atomic E-state index is 12.6. The summed E-state index contributed by atoms with van der Waals surface area (Å²) in [5.74, 6) is 0.926. The molecular weight excluding hydrogens is 360 g/mol. The molecule has 1 aliphatic rings. The van der Waals surface area contributed by atoms with E-state index < -0.39 is 5.56 Å². The fourth-order valence-corrected chi connectivity index (χ4v) is 3.34. The van der Waals surface area contributed by atoms with Crippen LogP contribution in [0, 0.1) is 6.92 Å². The topological polar surface area (TPSA) is 107 Å². The third-order valence-electron chi connectivity index (χ3n) is 4.99. The Kier molecular flexibility index (Phi) is 4.82. The second-order valence-corrected chi connectivity index (χ2v) is 6.94. The summed E-state index contributed by atoms with van der Waals surface area (Å²) in [6, 6.07) is 3.93. The van der Waals surface area contributed by atoms with Crippen molar-refractivity contribution in [2.24, 2.45) is 0 Å². The number of H-pyrrole nitrogens is 1. The van der Waals surface area contributed by atoms with E-state index in [0.29, 0.717) is 12.3 Å². The summed E-state index contributed by atoms with van der Waals surface area (Å²) in [6.45, 7) is 5.89. The molecule has 3 aromatic heterocycles. The van der Waals surface area contributed by atoms with Gasteiger partial charge in [0.15, 0.2) is 0 Å². The summed E-state index contributed by atoms with van der Waals surface area (Å²) >= 11 is 0. The Labute approximate surface area is 161 Å². The predicted octanol–water partition coefficient (Wildman–Crippen LogP) is 0.901. The van der Waals surface area contributed by atoms with Gasteiger partial charge in [0.25, 0.3) is 11.5 Å². The van der Waals surface area contributed by atoms with Crippen LogP contribution in [0.15, 0.2) is 33.9 Å². The number of aromatic nitrogens is 3. The molecule has 28 heavy (non-hydrogen) atoms. The molecule has 0 saturated carbocycles. The van der Waals surface area contributed by atoms with Crippen LogP contribution in [0.1, 0.15) is 21.7 Å². The molecule has 146 valence electrons. The molecule has 0 radical (unpaired) electrons. The van der Waals surface area contributed by atoms with E-state index in [1.54, 1.807) is 13.1 Å². The number of hydrogen-bond acceptors (Lipinski definition) is 7. The molecule has 0 bridgehead atoms. The molecule has 4 rings (SSSR count). The van der Waals surface area contributed by atoms with Crippen LogP contribution in [-0.2, 0) is 6.54 Å². The van der Waals surface area contributed by atoms with E-state index in [9.17, 15) is 9.59 Å².